The van der Waals surface area contributed by atoms with Crippen LogP contribution < -0.4 is 0 Å². The number of rotatable bonds is 3. The van der Waals surface area contributed by atoms with Gasteiger partial charge in [0.05, 0.1) is 6.54 Å². The summed E-state index contributed by atoms with van der Waals surface area (Å²) >= 11 is 0. The Morgan fingerprint density at radius 2 is 1.53 bits per heavy atom. The Balaban J connectivity index is 1.64. The van der Waals surface area contributed by atoms with Crippen LogP contribution in [0, 0.1) is 5.92 Å². The van der Waals surface area contributed by atoms with Gasteiger partial charge in [-0.1, -0.05) is 24.5 Å². The van der Waals surface area contributed by atoms with Crippen molar-refractivity contribution in [3.63, 3.8) is 0 Å². The van der Waals surface area contributed by atoms with E-state index in [0.717, 1.165) is 25.6 Å². The SMILES string of the molecule is C1CCC(CN=NN2CCCCC2)CC1. The van der Waals surface area contributed by atoms with E-state index in [1.165, 1.54) is 51.4 Å². The van der Waals surface area contributed by atoms with E-state index >= 15 is 0 Å². The number of piperidine rings is 1. The van der Waals surface area contributed by atoms with Crippen LogP contribution in [0.3, 0.4) is 0 Å². The van der Waals surface area contributed by atoms with E-state index in [0.29, 0.717) is 0 Å². The minimum Gasteiger partial charge on any atom is -0.279 e. The largest absolute Gasteiger partial charge is 0.279 e. The van der Waals surface area contributed by atoms with Crippen molar-refractivity contribution in [2.45, 2.75) is 51.4 Å². The predicted octanol–water partition coefficient (Wildman–Crippen LogP) is 3.42. The Morgan fingerprint density at radius 1 is 0.867 bits per heavy atom. The monoisotopic (exact) mass is 209 g/mol. The summed E-state index contributed by atoms with van der Waals surface area (Å²) in [5.74, 6) is 0.826. The van der Waals surface area contributed by atoms with Crippen molar-refractivity contribution in [3.8, 4) is 0 Å². The maximum Gasteiger partial charge on any atom is 0.0648 e. The van der Waals surface area contributed by atoms with Crippen LogP contribution in [0.1, 0.15) is 51.4 Å². The van der Waals surface area contributed by atoms with Gasteiger partial charge in [0.1, 0.15) is 0 Å². The van der Waals surface area contributed by atoms with Gasteiger partial charge in [-0.05, 0) is 38.0 Å². The summed E-state index contributed by atoms with van der Waals surface area (Å²) in [5, 5.41) is 10.9. The van der Waals surface area contributed by atoms with Gasteiger partial charge in [0.15, 0.2) is 0 Å². The fraction of sp³-hybridized carbons (Fsp3) is 1.00. The molecule has 0 aromatic rings. The van der Waals surface area contributed by atoms with Crippen LogP contribution in [0.4, 0.5) is 0 Å². The fourth-order valence-electron chi connectivity index (χ4n) is 2.58. The van der Waals surface area contributed by atoms with Gasteiger partial charge in [-0.2, -0.15) is 5.11 Å². The first-order chi connectivity index (χ1) is 7.45. The highest BCUT2D eigenvalue weighted by atomic mass is 15.5. The molecular formula is C12H23N3. The minimum absolute atomic E-state index is 0.826. The predicted molar refractivity (Wildman–Crippen MR) is 61.7 cm³/mol. The molecule has 0 aromatic carbocycles. The molecule has 0 spiro atoms. The van der Waals surface area contributed by atoms with Crippen molar-refractivity contribution in [3.05, 3.63) is 0 Å². The molecule has 0 aromatic heterocycles. The average Bonchev–Trinajstić information content (AvgIpc) is 2.32. The molecule has 0 radical (unpaired) electrons. The molecule has 1 aliphatic carbocycles. The molecule has 0 atom stereocenters. The summed E-state index contributed by atoms with van der Waals surface area (Å²) < 4.78 is 0. The second-order valence-electron chi connectivity index (χ2n) is 4.93. The first kappa shape index (κ1) is 10.9. The van der Waals surface area contributed by atoms with Crippen molar-refractivity contribution in [2.75, 3.05) is 19.6 Å². The van der Waals surface area contributed by atoms with Gasteiger partial charge in [0, 0.05) is 13.1 Å². The van der Waals surface area contributed by atoms with Crippen LogP contribution in [0.2, 0.25) is 0 Å². The average molecular weight is 209 g/mol. The molecule has 0 amide bonds. The van der Waals surface area contributed by atoms with Crippen LogP contribution in [-0.4, -0.2) is 24.6 Å². The molecule has 3 heteroatoms. The lowest BCUT2D eigenvalue weighted by Gasteiger charge is -2.23. The Bertz CT molecular complexity index is 191. The van der Waals surface area contributed by atoms with Crippen LogP contribution >= 0.6 is 0 Å². The van der Waals surface area contributed by atoms with Crippen molar-refractivity contribution < 1.29 is 0 Å². The summed E-state index contributed by atoms with van der Waals surface area (Å²) in [4.78, 5) is 0. The maximum absolute atomic E-state index is 4.37. The van der Waals surface area contributed by atoms with Crippen molar-refractivity contribution in [1.29, 1.82) is 0 Å². The Hall–Kier alpha value is -0.600. The number of nitrogens with zero attached hydrogens (tertiary/aromatic N) is 3. The molecule has 0 bridgehead atoms. The molecule has 2 rings (SSSR count). The molecule has 0 N–H and O–H groups in total. The number of hydrogen-bond donors (Lipinski definition) is 0. The highest BCUT2D eigenvalue weighted by molar-refractivity contribution is 4.67. The lowest BCUT2D eigenvalue weighted by Crippen LogP contribution is -2.24. The van der Waals surface area contributed by atoms with E-state index in [1.54, 1.807) is 0 Å². The molecular weight excluding hydrogens is 186 g/mol. The van der Waals surface area contributed by atoms with Crippen molar-refractivity contribution >= 4 is 0 Å². The lowest BCUT2D eigenvalue weighted by molar-refractivity contribution is 0.217. The normalized spacial score (nSPS) is 24.9. The molecule has 86 valence electrons. The summed E-state index contributed by atoms with van der Waals surface area (Å²) in [6.45, 7) is 3.21. The molecule has 1 heterocycles. The van der Waals surface area contributed by atoms with Crippen molar-refractivity contribution in [2.24, 2.45) is 16.3 Å². The lowest BCUT2D eigenvalue weighted by atomic mass is 9.89. The van der Waals surface area contributed by atoms with Gasteiger partial charge < -0.3 is 0 Å². The molecule has 2 fully saturated rings. The second kappa shape index (κ2) is 6.09. The first-order valence-electron chi connectivity index (χ1n) is 6.57. The van der Waals surface area contributed by atoms with E-state index in [4.69, 9.17) is 0 Å². The van der Waals surface area contributed by atoms with Crippen molar-refractivity contribution in [1.82, 2.24) is 5.01 Å². The molecule has 3 nitrogen and oxygen atoms in total. The maximum atomic E-state index is 4.37. The van der Waals surface area contributed by atoms with Crippen LogP contribution in [0.15, 0.2) is 10.3 Å². The zero-order valence-corrected chi connectivity index (χ0v) is 9.70. The Kier molecular flexibility index (Phi) is 4.42. The minimum atomic E-state index is 0.826. The molecule has 1 saturated carbocycles. The Morgan fingerprint density at radius 3 is 2.27 bits per heavy atom. The summed E-state index contributed by atoms with van der Waals surface area (Å²) in [6, 6.07) is 0. The van der Waals surface area contributed by atoms with E-state index in [-0.39, 0.29) is 0 Å². The number of hydrogen-bond acceptors (Lipinski definition) is 2. The topological polar surface area (TPSA) is 28.0 Å². The first-order valence-corrected chi connectivity index (χ1v) is 6.57. The second-order valence-corrected chi connectivity index (χ2v) is 4.93. The molecule has 15 heavy (non-hydrogen) atoms. The van der Waals surface area contributed by atoms with Gasteiger partial charge in [0.2, 0.25) is 0 Å². The molecule has 1 aliphatic heterocycles. The summed E-state index contributed by atoms with van der Waals surface area (Å²) in [6.07, 6.45) is 10.9. The third-order valence-electron chi connectivity index (χ3n) is 3.59. The van der Waals surface area contributed by atoms with Gasteiger partial charge in [-0.25, -0.2) is 0 Å². The molecule has 0 unspecified atom stereocenters. The highest BCUT2D eigenvalue weighted by Gasteiger charge is 2.13. The molecule has 1 saturated heterocycles. The van der Waals surface area contributed by atoms with E-state index in [9.17, 15) is 0 Å². The van der Waals surface area contributed by atoms with Crippen LogP contribution in [0.25, 0.3) is 0 Å². The Labute approximate surface area is 92.9 Å². The smallest absolute Gasteiger partial charge is 0.0648 e. The zero-order valence-electron chi connectivity index (χ0n) is 9.70. The van der Waals surface area contributed by atoms with E-state index in [2.05, 4.69) is 15.3 Å². The van der Waals surface area contributed by atoms with Gasteiger partial charge in [-0.3, -0.25) is 5.01 Å². The quantitative estimate of drug-likeness (QED) is 0.654. The third kappa shape index (κ3) is 3.80. The van der Waals surface area contributed by atoms with Crippen LogP contribution in [-0.2, 0) is 0 Å². The third-order valence-corrected chi connectivity index (χ3v) is 3.59. The molecule has 2 aliphatic rings. The summed E-state index contributed by atoms with van der Waals surface area (Å²) in [7, 11) is 0. The zero-order chi connectivity index (χ0) is 10.3. The van der Waals surface area contributed by atoms with Gasteiger partial charge in [-0.15, -0.1) is 0 Å². The van der Waals surface area contributed by atoms with E-state index < -0.39 is 0 Å². The summed E-state index contributed by atoms with van der Waals surface area (Å²) in [5.41, 5.74) is 0. The highest BCUT2D eigenvalue weighted by Crippen LogP contribution is 2.23. The van der Waals surface area contributed by atoms with Crippen LogP contribution in [0.5, 0.6) is 0 Å². The van der Waals surface area contributed by atoms with Gasteiger partial charge >= 0.3 is 0 Å². The van der Waals surface area contributed by atoms with Gasteiger partial charge in [0.25, 0.3) is 0 Å². The standard InChI is InChI=1S/C12H23N3/c1-3-7-12(8-4-1)11-13-14-15-9-5-2-6-10-15/h12H,1-11H2. The van der Waals surface area contributed by atoms with E-state index in [1.807, 2.05) is 0 Å². The fourth-order valence-corrected chi connectivity index (χ4v) is 2.58.